The largest absolute Gasteiger partial charge is 0.466 e. The summed E-state index contributed by atoms with van der Waals surface area (Å²) < 4.78 is 61.2. The Bertz CT molecular complexity index is 1390. The van der Waals surface area contributed by atoms with Gasteiger partial charge in [-0.15, -0.1) is 0 Å². The predicted octanol–water partition coefficient (Wildman–Crippen LogP) is 15.3. The first-order chi connectivity index (χ1) is 41.9. The van der Waals surface area contributed by atoms with Gasteiger partial charge < -0.3 is 57.0 Å². The summed E-state index contributed by atoms with van der Waals surface area (Å²) in [6, 6.07) is 0. The van der Waals surface area contributed by atoms with E-state index in [1.54, 1.807) is 0 Å². The summed E-state index contributed by atoms with van der Waals surface area (Å²) in [5.74, 6) is -0.0985. The normalized spacial score (nSPS) is 12.2. The van der Waals surface area contributed by atoms with Crippen LogP contribution in [0.4, 0.5) is 0 Å². The van der Waals surface area contributed by atoms with Crippen LogP contribution in [0.15, 0.2) is 5.11 Å². The van der Waals surface area contributed by atoms with E-state index in [9.17, 15) is 14.4 Å². The van der Waals surface area contributed by atoms with Gasteiger partial charge in [0.25, 0.3) is 0 Å². The van der Waals surface area contributed by atoms with Crippen molar-refractivity contribution in [1.82, 2.24) is 4.90 Å². The number of azide groups is 1. The minimum atomic E-state index is -0.246. The molecule has 2 atom stereocenters. The Kier molecular flexibility index (Phi) is 68.3. The third kappa shape index (κ3) is 62.8. The van der Waals surface area contributed by atoms with Crippen LogP contribution in [0.25, 0.3) is 10.4 Å². The monoisotopic (exact) mass is 1210 g/mol. The third-order valence-corrected chi connectivity index (χ3v) is 15.1. The average Bonchev–Trinajstić information content (AvgIpc) is 3.53. The van der Waals surface area contributed by atoms with Crippen LogP contribution in [-0.4, -0.2) is 175 Å². The Morgan fingerprint density at radius 1 is 0.329 bits per heavy atom. The maximum absolute atomic E-state index is 13.2. The number of esters is 3. The van der Waals surface area contributed by atoms with Gasteiger partial charge in [0.05, 0.1) is 144 Å². The van der Waals surface area contributed by atoms with Gasteiger partial charge in [0.1, 0.15) is 0 Å². The number of ether oxygens (including phenoxy) is 11. The molecule has 0 spiro atoms. The van der Waals surface area contributed by atoms with Crippen molar-refractivity contribution in [3.05, 3.63) is 10.4 Å². The number of hydrogen-bond acceptors (Lipinski definition) is 16. The summed E-state index contributed by atoms with van der Waals surface area (Å²) in [6.45, 7) is 20.8. The molecular weight excluding hydrogens is 1080 g/mol. The Labute approximate surface area is 518 Å². The van der Waals surface area contributed by atoms with Gasteiger partial charge in [-0.2, -0.15) is 0 Å². The molecule has 18 nitrogen and oxygen atoms in total. The molecular formula is C67H130N4O14. The van der Waals surface area contributed by atoms with E-state index in [-0.39, 0.29) is 42.8 Å². The van der Waals surface area contributed by atoms with Gasteiger partial charge in [0.2, 0.25) is 0 Å². The third-order valence-electron chi connectivity index (χ3n) is 15.1. The molecule has 18 heteroatoms. The van der Waals surface area contributed by atoms with Crippen LogP contribution in [0.5, 0.6) is 0 Å². The van der Waals surface area contributed by atoms with Crippen LogP contribution < -0.4 is 0 Å². The predicted molar refractivity (Wildman–Crippen MR) is 341 cm³/mol. The highest BCUT2D eigenvalue weighted by atomic mass is 16.6. The SMILES string of the molecule is CCCCCCCCC(CCCCCC)C(=O)OCCCCCCN(CCCCCCOC(=O)C(CCCCCC)CCCCCCCC)CCCCOC(=O)CCOCCOCCOCCOCCOCCOCCOCCOCCN=[N+]=[N-]. The number of nitrogens with zero attached hydrogens (tertiary/aromatic N) is 4. The van der Waals surface area contributed by atoms with Gasteiger partial charge in [0, 0.05) is 11.5 Å². The zero-order chi connectivity index (χ0) is 61.7. The molecule has 0 radical (unpaired) electrons. The van der Waals surface area contributed by atoms with Crippen molar-refractivity contribution >= 4 is 17.9 Å². The second-order valence-electron chi connectivity index (χ2n) is 22.7. The molecule has 0 bridgehead atoms. The molecule has 0 aliphatic heterocycles. The highest BCUT2D eigenvalue weighted by Crippen LogP contribution is 2.23. The zero-order valence-electron chi connectivity index (χ0n) is 55.2. The van der Waals surface area contributed by atoms with E-state index in [1.165, 1.54) is 103 Å². The minimum Gasteiger partial charge on any atom is -0.466 e. The smallest absolute Gasteiger partial charge is 0.308 e. The van der Waals surface area contributed by atoms with Gasteiger partial charge in [-0.1, -0.05) is 187 Å². The van der Waals surface area contributed by atoms with Gasteiger partial charge in [-0.25, -0.2) is 0 Å². The van der Waals surface area contributed by atoms with Crippen LogP contribution in [-0.2, 0) is 66.5 Å². The van der Waals surface area contributed by atoms with Gasteiger partial charge in [0.15, 0.2) is 0 Å². The summed E-state index contributed by atoms with van der Waals surface area (Å²) in [4.78, 5) is 44.1. The number of unbranched alkanes of at least 4 members (excludes halogenated alkanes) is 23. The number of rotatable bonds is 72. The summed E-state index contributed by atoms with van der Waals surface area (Å²) in [5.41, 5.74) is 8.21. The molecule has 0 heterocycles. The van der Waals surface area contributed by atoms with Crippen molar-refractivity contribution < 1.29 is 66.5 Å². The molecule has 0 aliphatic rings. The molecule has 0 saturated carbocycles. The molecule has 85 heavy (non-hydrogen) atoms. The molecule has 0 fully saturated rings. The number of carbonyl (C=O) groups is 3. The van der Waals surface area contributed by atoms with E-state index in [4.69, 9.17) is 57.6 Å². The fraction of sp³-hybridized carbons (Fsp3) is 0.955. The van der Waals surface area contributed by atoms with E-state index in [1.807, 2.05) is 0 Å². The lowest BCUT2D eigenvalue weighted by Crippen LogP contribution is -2.27. The summed E-state index contributed by atoms with van der Waals surface area (Å²) in [5, 5.41) is 3.39. The molecule has 502 valence electrons. The molecule has 0 aromatic rings. The first-order valence-corrected chi connectivity index (χ1v) is 34.8. The fourth-order valence-corrected chi connectivity index (χ4v) is 9.88. The molecule has 0 N–H and O–H groups in total. The maximum atomic E-state index is 13.2. The molecule has 2 unspecified atom stereocenters. The maximum Gasteiger partial charge on any atom is 0.308 e. The number of hydrogen-bond donors (Lipinski definition) is 0. The van der Waals surface area contributed by atoms with E-state index in [2.05, 4.69) is 42.6 Å². The zero-order valence-corrected chi connectivity index (χ0v) is 55.2. The molecule has 0 aromatic heterocycles. The molecule has 0 saturated heterocycles. The van der Waals surface area contributed by atoms with Crippen molar-refractivity contribution in [2.75, 3.05) is 152 Å². The van der Waals surface area contributed by atoms with Gasteiger partial charge >= 0.3 is 17.9 Å². The number of carbonyl (C=O) groups excluding carboxylic acids is 3. The van der Waals surface area contributed by atoms with E-state index in [0.29, 0.717) is 125 Å². The lowest BCUT2D eigenvalue weighted by atomic mass is 9.94. The van der Waals surface area contributed by atoms with E-state index < -0.39 is 0 Å². The van der Waals surface area contributed by atoms with E-state index >= 15 is 0 Å². The Balaban J connectivity index is 4.51. The standard InChI is InChI=1S/C67H130N4O14/c1-5-9-13-17-19-27-37-63(35-25-15-11-7-3)66(73)84-45-32-23-21-29-41-71(42-30-22-24-33-46-85-67(74)64(36-26-16-12-8-4)38-28-20-18-14-10-6-2)43-31-34-44-83-65(72)39-47-75-49-51-77-53-55-79-57-59-81-61-62-82-60-58-80-56-54-78-52-50-76-48-40-69-70-68/h63-64H,5-62H2,1-4H3. The van der Waals surface area contributed by atoms with Crippen molar-refractivity contribution in [1.29, 1.82) is 0 Å². The van der Waals surface area contributed by atoms with Crippen molar-refractivity contribution in [2.24, 2.45) is 17.0 Å². The molecule has 0 rings (SSSR count). The van der Waals surface area contributed by atoms with E-state index in [0.717, 1.165) is 135 Å². The second kappa shape index (κ2) is 70.4. The fourth-order valence-electron chi connectivity index (χ4n) is 9.88. The van der Waals surface area contributed by atoms with Gasteiger partial charge in [-0.05, 0) is 89.4 Å². The van der Waals surface area contributed by atoms with Crippen LogP contribution in [0.3, 0.4) is 0 Å². The van der Waals surface area contributed by atoms with Gasteiger partial charge in [-0.3, -0.25) is 14.4 Å². The highest BCUT2D eigenvalue weighted by molar-refractivity contribution is 5.72. The highest BCUT2D eigenvalue weighted by Gasteiger charge is 2.21. The quantitative estimate of drug-likeness (QED) is 0.0139. The summed E-state index contributed by atoms with van der Waals surface area (Å²) >= 11 is 0. The summed E-state index contributed by atoms with van der Waals surface area (Å²) in [7, 11) is 0. The summed E-state index contributed by atoms with van der Waals surface area (Å²) in [6.07, 6.45) is 38.6. The molecule has 0 amide bonds. The van der Waals surface area contributed by atoms with Crippen molar-refractivity contribution in [2.45, 2.75) is 252 Å². The first kappa shape index (κ1) is 82.4. The molecule has 0 aromatic carbocycles. The Morgan fingerprint density at radius 3 is 0.965 bits per heavy atom. The minimum absolute atomic E-state index is 0.0255. The van der Waals surface area contributed by atoms with Crippen LogP contribution in [0, 0.1) is 11.8 Å². The van der Waals surface area contributed by atoms with Crippen LogP contribution in [0.1, 0.15) is 252 Å². The van der Waals surface area contributed by atoms with Crippen LogP contribution >= 0.6 is 0 Å². The average molecular weight is 1220 g/mol. The molecule has 0 aliphatic carbocycles. The topological polar surface area (TPSA) is 205 Å². The van der Waals surface area contributed by atoms with Crippen LogP contribution in [0.2, 0.25) is 0 Å². The Hall–Kier alpha value is -2.64. The van der Waals surface area contributed by atoms with Crippen molar-refractivity contribution in [3.8, 4) is 0 Å². The Morgan fingerprint density at radius 2 is 0.600 bits per heavy atom. The lowest BCUT2D eigenvalue weighted by molar-refractivity contribution is -0.150. The second-order valence-corrected chi connectivity index (χ2v) is 22.7. The first-order valence-electron chi connectivity index (χ1n) is 34.8. The van der Waals surface area contributed by atoms with Crippen molar-refractivity contribution in [3.63, 3.8) is 0 Å². The lowest BCUT2D eigenvalue weighted by Gasteiger charge is -2.22.